The highest BCUT2D eigenvalue weighted by molar-refractivity contribution is 7.89. The third-order valence-corrected chi connectivity index (χ3v) is 4.17. The first-order valence-corrected chi connectivity index (χ1v) is 5.86. The van der Waals surface area contributed by atoms with E-state index in [4.69, 9.17) is 0 Å². The van der Waals surface area contributed by atoms with Crippen molar-refractivity contribution >= 4 is 15.9 Å². The van der Waals surface area contributed by atoms with Crippen molar-refractivity contribution in [3.63, 3.8) is 0 Å². The van der Waals surface area contributed by atoms with Gasteiger partial charge in [-0.2, -0.15) is 0 Å². The monoisotopic (exact) mass is 227 g/mol. The predicted molar refractivity (Wildman–Crippen MR) is 56.8 cm³/mol. The van der Waals surface area contributed by atoms with Gasteiger partial charge in [-0.3, -0.25) is 4.79 Å². The van der Waals surface area contributed by atoms with Gasteiger partial charge < -0.3 is 0 Å². The molecule has 0 saturated carbocycles. The molecule has 0 fully saturated rings. The lowest BCUT2D eigenvalue weighted by Gasteiger charge is -2.16. The minimum absolute atomic E-state index is 0.169. The second-order valence-electron chi connectivity index (χ2n) is 3.26. The van der Waals surface area contributed by atoms with E-state index in [-0.39, 0.29) is 4.90 Å². The van der Waals surface area contributed by atoms with Gasteiger partial charge in [-0.1, -0.05) is 18.2 Å². The van der Waals surface area contributed by atoms with Crippen LogP contribution in [-0.4, -0.2) is 25.7 Å². The van der Waals surface area contributed by atoms with Gasteiger partial charge in [0.25, 0.3) is 10.0 Å². The van der Waals surface area contributed by atoms with E-state index in [9.17, 15) is 13.2 Å². The fourth-order valence-corrected chi connectivity index (χ4v) is 2.52. The van der Waals surface area contributed by atoms with Crippen molar-refractivity contribution in [2.45, 2.75) is 18.7 Å². The molecule has 0 radical (unpaired) electrons. The number of carbonyl (C=O) groups excluding carboxylic acids is 1. The summed E-state index contributed by atoms with van der Waals surface area (Å²) in [6.07, 6.45) is 0. The zero-order valence-corrected chi connectivity index (χ0v) is 9.71. The molecule has 0 saturated heterocycles. The molecule has 0 aliphatic rings. The Morgan fingerprint density at radius 1 is 1.27 bits per heavy atom. The highest BCUT2D eigenvalue weighted by Crippen LogP contribution is 2.18. The lowest BCUT2D eigenvalue weighted by atomic mass is 10.2. The van der Waals surface area contributed by atoms with E-state index in [0.717, 1.165) is 4.31 Å². The highest BCUT2D eigenvalue weighted by atomic mass is 32.2. The molecule has 1 aromatic carbocycles. The Hall–Kier alpha value is -1.36. The molecule has 0 bridgehead atoms. The average molecular weight is 227 g/mol. The van der Waals surface area contributed by atoms with Crippen LogP contribution in [-0.2, 0) is 14.8 Å². The van der Waals surface area contributed by atoms with Crippen molar-refractivity contribution in [1.82, 2.24) is 4.31 Å². The maximum atomic E-state index is 11.9. The number of hydrogen-bond donors (Lipinski definition) is 0. The lowest BCUT2D eigenvalue weighted by Crippen LogP contribution is -2.31. The van der Waals surface area contributed by atoms with Crippen LogP contribution >= 0.6 is 0 Å². The van der Waals surface area contributed by atoms with Crippen LogP contribution in [0.15, 0.2) is 29.2 Å². The Morgan fingerprint density at radius 2 is 1.80 bits per heavy atom. The fraction of sp³-hybridized carbons (Fsp3) is 0.300. The molecule has 1 aromatic rings. The topological polar surface area (TPSA) is 54.5 Å². The molecular weight excluding hydrogens is 214 g/mol. The molecule has 0 spiro atoms. The summed E-state index contributed by atoms with van der Waals surface area (Å²) in [4.78, 5) is 11.2. The second-order valence-corrected chi connectivity index (χ2v) is 5.19. The molecule has 0 N–H and O–H groups in total. The van der Waals surface area contributed by atoms with Crippen LogP contribution in [0.2, 0.25) is 0 Å². The molecule has 0 aliphatic heterocycles. The van der Waals surface area contributed by atoms with Gasteiger partial charge in [0.15, 0.2) is 0 Å². The molecule has 0 unspecified atom stereocenters. The van der Waals surface area contributed by atoms with Crippen molar-refractivity contribution < 1.29 is 13.2 Å². The molecule has 4 nitrogen and oxygen atoms in total. The van der Waals surface area contributed by atoms with Gasteiger partial charge in [0.2, 0.25) is 5.91 Å². The first-order chi connectivity index (χ1) is 6.87. The second kappa shape index (κ2) is 4.02. The Balaban J connectivity index is 3.30. The summed E-state index contributed by atoms with van der Waals surface area (Å²) in [5.74, 6) is -0.502. The third kappa shape index (κ3) is 2.18. The van der Waals surface area contributed by atoms with E-state index in [1.54, 1.807) is 25.1 Å². The number of sulfonamides is 1. The van der Waals surface area contributed by atoms with E-state index < -0.39 is 15.9 Å². The van der Waals surface area contributed by atoms with Gasteiger partial charge in [0, 0.05) is 14.0 Å². The highest BCUT2D eigenvalue weighted by Gasteiger charge is 2.23. The average Bonchev–Trinajstić information content (AvgIpc) is 2.16. The maximum absolute atomic E-state index is 11.9. The summed E-state index contributed by atoms with van der Waals surface area (Å²) in [6.45, 7) is 2.91. The summed E-state index contributed by atoms with van der Waals surface area (Å²) in [7, 11) is -2.43. The number of hydrogen-bond acceptors (Lipinski definition) is 3. The zero-order chi connectivity index (χ0) is 11.6. The van der Waals surface area contributed by atoms with Crippen LogP contribution in [0, 0.1) is 6.92 Å². The molecule has 82 valence electrons. The van der Waals surface area contributed by atoms with Crippen LogP contribution in [0.5, 0.6) is 0 Å². The zero-order valence-electron chi connectivity index (χ0n) is 8.89. The molecule has 0 aromatic heterocycles. The van der Waals surface area contributed by atoms with Crippen molar-refractivity contribution in [2.24, 2.45) is 0 Å². The maximum Gasteiger partial charge on any atom is 0.266 e. The summed E-state index contributed by atoms with van der Waals surface area (Å²) in [6, 6.07) is 6.57. The van der Waals surface area contributed by atoms with Crippen molar-refractivity contribution in [3.8, 4) is 0 Å². The van der Waals surface area contributed by atoms with Crippen molar-refractivity contribution in [3.05, 3.63) is 29.8 Å². The first kappa shape index (κ1) is 11.7. The standard InChI is InChI=1S/C10H13NO3S/c1-8-6-4-5-7-10(8)15(13,14)11(3)9(2)12/h4-7H,1-3H3. The molecule has 1 rings (SSSR count). The lowest BCUT2D eigenvalue weighted by molar-refractivity contribution is -0.123. The van der Waals surface area contributed by atoms with E-state index in [1.165, 1.54) is 20.0 Å². The van der Waals surface area contributed by atoms with E-state index in [1.807, 2.05) is 0 Å². The minimum atomic E-state index is -3.69. The van der Waals surface area contributed by atoms with Gasteiger partial charge in [0.05, 0.1) is 4.90 Å². The summed E-state index contributed by atoms with van der Waals surface area (Å²) < 4.78 is 24.5. The van der Waals surface area contributed by atoms with Crippen LogP contribution in [0.25, 0.3) is 0 Å². The van der Waals surface area contributed by atoms with Crippen LogP contribution < -0.4 is 0 Å². The summed E-state index contributed by atoms with van der Waals surface area (Å²) >= 11 is 0. The fourth-order valence-electron chi connectivity index (χ4n) is 1.16. The minimum Gasteiger partial charge on any atom is -0.274 e. The van der Waals surface area contributed by atoms with Gasteiger partial charge in [-0.15, -0.1) is 0 Å². The Kier molecular flexibility index (Phi) is 3.14. The molecule has 15 heavy (non-hydrogen) atoms. The number of aryl methyl sites for hydroxylation is 1. The summed E-state index contributed by atoms with van der Waals surface area (Å²) in [5, 5.41) is 0. The molecular formula is C10H13NO3S. The van der Waals surface area contributed by atoms with E-state index >= 15 is 0 Å². The molecule has 0 atom stereocenters. The first-order valence-electron chi connectivity index (χ1n) is 4.42. The normalized spacial score (nSPS) is 11.1. The van der Waals surface area contributed by atoms with E-state index in [0.29, 0.717) is 5.56 Å². The smallest absolute Gasteiger partial charge is 0.266 e. The van der Waals surface area contributed by atoms with Crippen LogP contribution in [0.3, 0.4) is 0 Å². The SMILES string of the molecule is CC(=O)N(C)S(=O)(=O)c1ccccc1C. The van der Waals surface area contributed by atoms with Gasteiger partial charge in [-0.25, -0.2) is 12.7 Å². The van der Waals surface area contributed by atoms with Gasteiger partial charge in [0.1, 0.15) is 0 Å². The Morgan fingerprint density at radius 3 is 2.27 bits per heavy atom. The number of nitrogens with zero attached hydrogens (tertiary/aromatic N) is 1. The van der Waals surface area contributed by atoms with Crippen molar-refractivity contribution in [1.29, 1.82) is 0 Å². The molecule has 0 heterocycles. The largest absolute Gasteiger partial charge is 0.274 e. The predicted octanol–water partition coefficient (Wildman–Crippen LogP) is 1.16. The molecule has 1 amide bonds. The molecule has 5 heteroatoms. The number of carbonyl (C=O) groups is 1. The van der Waals surface area contributed by atoms with E-state index in [2.05, 4.69) is 0 Å². The van der Waals surface area contributed by atoms with Crippen LogP contribution in [0.1, 0.15) is 12.5 Å². The molecule has 0 aliphatic carbocycles. The summed E-state index contributed by atoms with van der Waals surface area (Å²) in [5.41, 5.74) is 0.630. The number of amides is 1. The number of benzene rings is 1. The van der Waals surface area contributed by atoms with Gasteiger partial charge >= 0.3 is 0 Å². The van der Waals surface area contributed by atoms with Crippen molar-refractivity contribution in [2.75, 3.05) is 7.05 Å². The van der Waals surface area contributed by atoms with Crippen LogP contribution in [0.4, 0.5) is 0 Å². The Labute approximate surface area is 89.6 Å². The number of rotatable bonds is 2. The Bertz CT molecular complexity index is 479. The quantitative estimate of drug-likeness (QED) is 0.762. The third-order valence-electron chi connectivity index (χ3n) is 2.18. The van der Waals surface area contributed by atoms with Gasteiger partial charge in [-0.05, 0) is 18.6 Å².